The van der Waals surface area contributed by atoms with Crippen LogP contribution in [0.3, 0.4) is 0 Å². The van der Waals surface area contributed by atoms with Gasteiger partial charge in [0.25, 0.3) is 0 Å². The maximum atomic E-state index is 6.19. The van der Waals surface area contributed by atoms with Crippen LogP contribution in [0.2, 0.25) is 0 Å². The first kappa shape index (κ1) is 18.3. The summed E-state index contributed by atoms with van der Waals surface area (Å²) in [4.78, 5) is 2.22. The molecule has 2 aliphatic heterocycles. The molecular weight excluding hydrogens is 361 g/mol. The van der Waals surface area contributed by atoms with Crippen LogP contribution in [0.5, 0.6) is 11.5 Å². The van der Waals surface area contributed by atoms with Gasteiger partial charge < -0.3 is 18.9 Å². The van der Waals surface area contributed by atoms with Crippen LogP contribution in [0.25, 0.3) is 0 Å². The highest BCUT2D eigenvalue weighted by molar-refractivity contribution is 6.62. The number of ether oxygens (including phenoxy) is 1. The van der Waals surface area contributed by atoms with Gasteiger partial charge in [0.05, 0.1) is 22.6 Å². The molecule has 5 rings (SSSR count). The summed E-state index contributed by atoms with van der Waals surface area (Å²) < 4.78 is 18.5. The van der Waals surface area contributed by atoms with E-state index in [4.69, 9.17) is 14.0 Å². The molecule has 0 unspecified atom stereocenters. The Balaban J connectivity index is 1.52. The lowest BCUT2D eigenvalue weighted by Crippen LogP contribution is -2.41. The minimum Gasteiger partial charge on any atom is -0.453 e. The molecule has 3 aromatic rings. The van der Waals surface area contributed by atoms with Crippen LogP contribution in [-0.4, -0.2) is 18.3 Å². The Bertz CT molecular complexity index is 1000. The first-order valence-corrected chi connectivity index (χ1v) is 9.97. The van der Waals surface area contributed by atoms with E-state index >= 15 is 0 Å². The molecule has 0 amide bonds. The molecule has 1 fully saturated rings. The van der Waals surface area contributed by atoms with Crippen molar-refractivity contribution in [3.63, 3.8) is 0 Å². The Labute approximate surface area is 172 Å². The SMILES string of the molecule is CC1(C)OB(c2ccc(N3c4ccccc4Oc4ccccc43)cc2)OC1(C)C. The summed E-state index contributed by atoms with van der Waals surface area (Å²) in [5, 5.41) is 0. The van der Waals surface area contributed by atoms with Gasteiger partial charge in [-0.2, -0.15) is 0 Å². The fourth-order valence-corrected chi connectivity index (χ4v) is 3.74. The Morgan fingerprint density at radius 3 is 1.66 bits per heavy atom. The second-order valence-electron chi connectivity index (χ2n) is 8.55. The van der Waals surface area contributed by atoms with Crippen molar-refractivity contribution in [1.29, 1.82) is 0 Å². The van der Waals surface area contributed by atoms with Crippen molar-refractivity contribution in [1.82, 2.24) is 0 Å². The number of rotatable bonds is 2. The van der Waals surface area contributed by atoms with Crippen LogP contribution in [-0.2, 0) is 9.31 Å². The van der Waals surface area contributed by atoms with Crippen molar-refractivity contribution in [2.75, 3.05) is 4.90 Å². The molecule has 2 aliphatic rings. The lowest BCUT2D eigenvalue weighted by Gasteiger charge is -2.32. The van der Waals surface area contributed by atoms with Gasteiger partial charge in [0, 0.05) is 5.69 Å². The Kier molecular flexibility index (Phi) is 4.02. The maximum absolute atomic E-state index is 6.19. The van der Waals surface area contributed by atoms with Crippen molar-refractivity contribution in [3.8, 4) is 11.5 Å². The first-order chi connectivity index (χ1) is 13.9. The summed E-state index contributed by atoms with van der Waals surface area (Å²) in [7, 11) is -0.363. The fraction of sp³-hybridized carbons (Fsp3) is 0.250. The van der Waals surface area contributed by atoms with E-state index in [9.17, 15) is 0 Å². The molecule has 0 saturated carbocycles. The van der Waals surface area contributed by atoms with Crippen molar-refractivity contribution in [3.05, 3.63) is 72.8 Å². The summed E-state index contributed by atoms with van der Waals surface area (Å²) in [5.74, 6) is 1.70. The van der Waals surface area contributed by atoms with Crippen LogP contribution in [0, 0.1) is 0 Å². The fourth-order valence-electron chi connectivity index (χ4n) is 3.74. The van der Waals surface area contributed by atoms with Crippen LogP contribution in [0.1, 0.15) is 27.7 Å². The van der Waals surface area contributed by atoms with Crippen LogP contribution < -0.4 is 15.1 Å². The zero-order valence-corrected chi connectivity index (χ0v) is 17.2. The summed E-state index contributed by atoms with van der Waals surface area (Å²) in [5.41, 5.74) is 3.43. The monoisotopic (exact) mass is 385 g/mol. The van der Waals surface area contributed by atoms with E-state index in [1.54, 1.807) is 0 Å². The van der Waals surface area contributed by atoms with Gasteiger partial charge in [0.2, 0.25) is 0 Å². The normalized spacial score (nSPS) is 18.8. The number of fused-ring (bicyclic) bond motifs is 2. The van der Waals surface area contributed by atoms with Crippen molar-refractivity contribution in [2.24, 2.45) is 0 Å². The van der Waals surface area contributed by atoms with Gasteiger partial charge >= 0.3 is 7.12 Å². The lowest BCUT2D eigenvalue weighted by molar-refractivity contribution is 0.00578. The van der Waals surface area contributed by atoms with E-state index < -0.39 is 0 Å². The average Bonchev–Trinajstić information content (AvgIpc) is 2.93. The van der Waals surface area contributed by atoms with Gasteiger partial charge in [-0.15, -0.1) is 0 Å². The molecule has 0 aromatic heterocycles. The zero-order chi connectivity index (χ0) is 20.2. The molecule has 0 spiro atoms. The number of hydrogen-bond donors (Lipinski definition) is 0. The number of anilines is 3. The van der Waals surface area contributed by atoms with E-state index in [0.717, 1.165) is 34.0 Å². The minimum atomic E-state index is -0.363. The zero-order valence-electron chi connectivity index (χ0n) is 17.2. The highest BCUT2D eigenvalue weighted by Crippen LogP contribution is 2.49. The molecule has 3 aromatic carbocycles. The van der Waals surface area contributed by atoms with E-state index in [2.05, 4.69) is 69.0 Å². The van der Waals surface area contributed by atoms with Crippen molar-refractivity contribution < 1.29 is 14.0 Å². The molecule has 5 heteroatoms. The van der Waals surface area contributed by atoms with Gasteiger partial charge in [-0.05, 0) is 69.6 Å². The molecule has 0 radical (unpaired) electrons. The highest BCUT2D eigenvalue weighted by atomic mass is 16.7. The smallest absolute Gasteiger partial charge is 0.453 e. The third-order valence-electron chi connectivity index (χ3n) is 6.11. The summed E-state index contributed by atoms with van der Waals surface area (Å²) >= 11 is 0. The second kappa shape index (κ2) is 6.38. The first-order valence-electron chi connectivity index (χ1n) is 9.97. The molecule has 1 saturated heterocycles. The molecule has 29 heavy (non-hydrogen) atoms. The maximum Gasteiger partial charge on any atom is 0.494 e. The van der Waals surface area contributed by atoms with Crippen molar-refractivity contribution in [2.45, 2.75) is 38.9 Å². The van der Waals surface area contributed by atoms with E-state index in [0.29, 0.717) is 0 Å². The van der Waals surface area contributed by atoms with Crippen LogP contribution in [0.4, 0.5) is 17.1 Å². The van der Waals surface area contributed by atoms with Crippen LogP contribution in [0.15, 0.2) is 72.8 Å². The predicted octanol–water partition coefficient (Wildman–Crippen LogP) is 5.56. The summed E-state index contributed by atoms with van der Waals surface area (Å²) in [6, 6.07) is 24.6. The Morgan fingerprint density at radius 2 is 1.14 bits per heavy atom. The van der Waals surface area contributed by atoms with Gasteiger partial charge in [0.15, 0.2) is 11.5 Å². The summed E-state index contributed by atoms with van der Waals surface area (Å²) in [6.45, 7) is 8.29. The number of benzene rings is 3. The standard InChI is InChI=1S/C24H24BNO3/c1-23(2)24(3,4)29-25(28-23)17-13-15-18(16-14-17)26-19-9-5-7-11-21(19)27-22-12-8-6-10-20(22)26/h5-16H,1-4H3. The second-order valence-corrected chi connectivity index (χ2v) is 8.55. The third-order valence-corrected chi connectivity index (χ3v) is 6.11. The van der Waals surface area contributed by atoms with Gasteiger partial charge in [-0.25, -0.2) is 0 Å². The molecule has 0 bridgehead atoms. The lowest BCUT2D eigenvalue weighted by atomic mass is 9.79. The van der Waals surface area contributed by atoms with Crippen LogP contribution >= 0.6 is 0 Å². The molecule has 2 heterocycles. The molecule has 0 aliphatic carbocycles. The van der Waals surface area contributed by atoms with E-state index in [-0.39, 0.29) is 18.3 Å². The van der Waals surface area contributed by atoms with Gasteiger partial charge in [-0.3, -0.25) is 0 Å². The molecule has 0 N–H and O–H groups in total. The quantitative estimate of drug-likeness (QED) is 0.423. The summed E-state index contributed by atoms with van der Waals surface area (Å²) in [6.07, 6.45) is 0. The minimum absolute atomic E-state index is 0.349. The molecular formula is C24H24BNO3. The van der Waals surface area contributed by atoms with Gasteiger partial charge in [-0.1, -0.05) is 36.4 Å². The highest BCUT2D eigenvalue weighted by Gasteiger charge is 2.51. The van der Waals surface area contributed by atoms with E-state index in [1.807, 2.05) is 36.4 Å². The molecule has 0 atom stereocenters. The van der Waals surface area contributed by atoms with Crippen molar-refractivity contribution >= 4 is 29.6 Å². The number of nitrogens with zero attached hydrogens (tertiary/aromatic N) is 1. The number of para-hydroxylation sites is 4. The Morgan fingerprint density at radius 1 is 0.655 bits per heavy atom. The molecule has 146 valence electrons. The number of hydrogen-bond acceptors (Lipinski definition) is 4. The Hall–Kier alpha value is -2.76. The third kappa shape index (κ3) is 2.93. The predicted molar refractivity (Wildman–Crippen MR) is 117 cm³/mol. The molecule has 4 nitrogen and oxygen atoms in total. The topological polar surface area (TPSA) is 30.9 Å². The van der Waals surface area contributed by atoms with Gasteiger partial charge in [0.1, 0.15) is 0 Å². The van der Waals surface area contributed by atoms with E-state index in [1.165, 1.54) is 0 Å². The average molecular weight is 385 g/mol. The largest absolute Gasteiger partial charge is 0.494 e.